The second-order valence-electron chi connectivity index (χ2n) is 5.11. The average molecular weight is 271 g/mol. The summed E-state index contributed by atoms with van der Waals surface area (Å²) in [6.45, 7) is 1.95. The van der Waals surface area contributed by atoms with E-state index in [-0.39, 0.29) is 11.8 Å². The normalized spacial score (nSPS) is 19.4. The van der Waals surface area contributed by atoms with Gasteiger partial charge in [0.25, 0.3) is 0 Å². The van der Waals surface area contributed by atoms with Crippen molar-refractivity contribution in [1.29, 1.82) is 0 Å². The van der Waals surface area contributed by atoms with Crippen LogP contribution in [0.5, 0.6) is 5.75 Å². The predicted octanol–water partition coefficient (Wildman–Crippen LogP) is 2.50. The molecule has 5 heteroatoms. The van der Waals surface area contributed by atoms with Crippen molar-refractivity contribution in [1.82, 2.24) is 9.99 Å². The van der Waals surface area contributed by atoms with E-state index in [1.165, 1.54) is 5.01 Å². The number of carbonyl (C=O) groups is 1. The summed E-state index contributed by atoms with van der Waals surface area (Å²) in [7, 11) is 3.34. The number of carbonyl (C=O) groups excluding carboxylic acids is 1. The van der Waals surface area contributed by atoms with E-state index in [2.05, 4.69) is 10.1 Å². The van der Waals surface area contributed by atoms with Crippen molar-refractivity contribution in [2.45, 2.75) is 19.3 Å². The van der Waals surface area contributed by atoms with Gasteiger partial charge in [0.15, 0.2) is 0 Å². The zero-order valence-electron chi connectivity index (χ0n) is 11.8. The van der Waals surface area contributed by atoms with Crippen LogP contribution in [0.25, 0.3) is 10.9 Å². The Labute approximate surface area is 117 Å². The number of likely N-dealkylation sites (N-methyl/N-ethyl adjacent to an activating group) is 1. The first-order chi connectivity index (χ1) is 9.60. The number of H-pyrrole nitrogens is 1. The molecule has 0 saturated carbocycles. The molecule has 0 saturated heterocycles. The smallest absolute Gasteiger partial charge is 0.250 e. The zero-order valence-corrected chi connectivity index (χ0v) is 11.8. The highest BCUT2D eigenvalue weighted by Gasteiger charge is 2.30. The Morgan fingerprint density at radius 2 is 2.25 bits per heavy atom. The molecule has 1 aliphatic rings. The van der Waals surface area contributed by atoms with Crippen LogP contribution >= 0.6 is 0 Å². The van der Waals surface area contributed by atoms with E-state index in [4.69, 9.17) is 4.74 Å². The third-order valence-corrected chi connectivity index (χ3v) is 3.73. The van der Waals surface area contributed by atoms with E-state index in [1.807, 2.05) is 31.3 Å². The maximum atomic E-state index is 12.3. The lowest BCUT2D eigenvalue weighted by atomic mass is 9.91. The van der Waals surface area contributed by atoms with Gasteiger partial charge in [-0.2, -0.15) is 5.10 Å². The molecule has 1 N–H and O–H groups in total. The number of fused-ring (bicyclic) bond motifs is 1. The molecule has 0 radical (unpaired) electrons. The number of amides is 1. The maximum Gasteiger partial charge on any atom is 0.250 e. The minimum absolute atomic E-state index is 0.0271. The van der Waals surface area contributed by atoms with E-state index in [0.29, 0.717) is 6.42 Å². The number of rotatable bonds is 2. The number of aromatic amines is 1. The van der Waals surface area contributed by atoms with Crippen molar-refractivity contribution in [3.63, 3.8) is 0 Å². The van der Waals surface area contributed by atoms with Gasteiger partial charge in [0.2, 0.25) is 5.91 Å². The van der Waals surface area contributed by atoms with Gasteiger partial charge in [0, 0.05) is 36.3 Å². The Kier molecular flexibility index (Phi) is 2.97. The number of nitrogens with zero attached hydrogens (tertiary/aromatic N) is 2. The highest BCUT2D eigenvalue weighted by molar-refractivity contribution is 5.99. The molecular weight excluding hydrogens is 254 g/mol. The number of hydrogen-bond donors (Lipinski definition) is 1. The zero-order chi connectivity index (χ0) is 14.3. The third kappa shape index (κ3) is 1.95. The van der Waals surface area contributed by atoms with Gasteiger partial charge in [-0.15, -0.1) is 0 Å². The van der Waals surface area contributed by atoms with Crippen LogP contribution < -0.4 is 4.74 Å². The molecule has 1 aromatic carbocycles. The van der Waals surface area contributed by atoms with Gasteiger partial charge in [-0.1, -0.05) is 0 Å². The maximum absolute atomic E-state index is 12.3. The Morgan fingerprint density at radius 1 is 1.45 bits per heavy atom. The molecular formula is C15H17N3O2. The molecule has 2 aromatic rings. The number of hydrazone groups is 1. The van der Waals surface area contributed by atoms with Crippen LogP contribution in [0.15, 0.2) is 29.5 Å². The van der Waals surface area contributed by atoms with Crippen LogP contribution in [0.4, 0.5) is 0 Å². The first kappa shape index (κ1) is 12.7. The number of nitrogens with one attached hydrogen (secondary N) is 1. The first-order valence-corrected chi connectivity index (χ1v) is 6.57. The molecule has 0 fully saturated rings. The average Bonchev–Trinajstić information content (AvgIpc) is 2.85. The van der Waals surface area contributed by atoms with Crippen molar-refractivity contribution >= 4 is 22.5 Å². The van der Waals surface area contributed by atoms with E-state index in [0.717, 1.165) is 27.9 Å². The summed E-state index contributed by atoms with van der Waals surface area (Å²) in [4.78, 5) is 15.6. The summed E-state index contributed by atoms with van der Waals surface area (Å²) in [5, 5.41) is 6.67. The quantitative estimate of drug-likeness (QED) is 0.912. The Morgan fingerprint density at radius 3 is 3.00 bits per heavy atom. The standard InChI is InChI=1S/C15H17N3O2/c1-9-6-12(15(19)18(2)17-9)13-8-16-14-5-4-10(20-3)7-11(13)14/h4-5,7-8,12,16H,6H2,1-3H3. The van der Waals surface area contributed by atoms with Crippen LogP contribution in [0.2, 0.25) is 0 Å². The van der Waals surface area contributed by atoms with Gasteiger partial charge in [-0.3, -0.25) is 4.79 Å². The molecule has 1 amide bonds. The molecule has 20 heavy (non-hydrogen) atoms. The lowest BCUT2D eigenvalue weighted by Gasteiger charge is -2.25. The van der Waals surface area contributed by atoms with Gasteiger partial charge >= 0.3 is 0 Å². The van der Waals surface area contributed by atoms with E-state index in [9.17, 15) is 4.79 Å². The largest absolute Gasteiger partial charge is 0.497 e. The molecule has 1 aromatic heterocycles. The topological polar surface area (TPSA) is 57.7 Å². The number of benzene rings is 1. The molecule has 2 heterocycles. The van der Waals surface area contributed by atoms with Crippen LogP contribution in [-0.2, 0) is 4.79 Å². The van der Waals surface area contributed by atoms with Crippen molar-refractivity contribution in [3.8, 4) is 5.75 Å². The Bertz CT molecular complexity index is 702. The van der Waals surface area contributed by atoms with Gasteiger partial charge < -0.3 is 9.72 Å². The fraction of sp³-hybridized carbons (Fsp3) is 0.333. The highest BCUT2D eigenvalue weighted by Crippen LogP contribution is 2.33. The van der Waals surface area contributed by atoms with Crippen molar-refractivity contribution in [2.24, 2.45) is 5.10 Å². The van der Waals surface area contributed by atoms with Gasteiger partial charge in [0.05, 0.1) is 13.0 Å². The summed E-state index contributed by atoms with van der Waals surface area (Å²) in [5.74, 6) is 0.637. The van der Waals surface area contributed by atoms with Crippen molar-refractivity contribution in [3.05, 3.63) is 30.0 Å². The monoisotopic (exact) mass is 271 g/mol. The summed E-state index contributed by atoms with van der Waals surface area (Å²) in [6.07, 6.45) is 2.58. The third-order valence-electron chi connectivity index (χ3n) is 3.73. The fourth-order valence-corrected chi connectivity index (χ4v) is 2.73. The van der Waals surface area contributed by atoms with Gasteiger partial charge in [-0.25, -0.2) is 5.01 Å². The number of ether oxygens (including phenoxy) is 1. The summed E-state index contributed by atoms with van der Waals surface area (Å²) in [5.41, 5.74) is 2.98. The molecule has 3 rings (SSSR count). The highest BCUT2D eigenvalue weighted by atomic mass is 16.5. The molecule has 5 nitrogen and oxygen atoms in total. The SMILES string of the molecule is COc1ccc2[nH]cc(C3CC(C)=NN(C)C3=O)c2c1. The minimum Gasteiger partial charge on any atom is -0.497 e. The first-order valence-electron chi connectivity index (χ1n) is 6.57. The second-order valence-corrected chi connectivity index (χ2v) is 5.11. The van der Waals surface area contributed by atoms with Gasteiger partial charge in [0.1, 0.15) is 5.75 Å². The Hall–Kier alpha value is -2.30. The predicted molar refractivity (Wildman–Crippen MR) is 78.1 cm³/mol. The molecule has 1 atom stereocenters. The molecule has 104 valence electrons. The summed E-state index contributed by atoms with van der Waals surface area (Å²) in [6, 6.07) is 5.84. The summed E-state index contributed by atoms with van der Waals surface area (Å²) >= 11 is 0. The number of hydrogen-bond acceptors (Lipinski definition) is 3. The number of methoxy groups -OCH3 is 1. The minimum atomic E-state index is -0.182. The lowest BCUT2D eigenvalue weighted by molar-refractivity contribution is -0.132. The molecule has 1 unspecified atom stereocenters. The lowest BCUT2D eigenvalue weighted by Crippen LogP contribution is -2.33. The molecule has 0 aliphatic carbocycles. The summed E-state index contributed by atoms with van der Waals surface area (Å²) < 4.78 is 5.27. The number of aromatic nitrogens is 1. The van der Waals surface area contributed by atoms with Crippen LogP contribution in [-0.4, -0.2) is 35.8 Å². The van der Waals surface area contributed by atoms with Gasteiger partial charge in [-0.05, 0) is 30.7 Å². The van der Waals surface area contributed by atoms with Crippen LogP contribution in [0, 0.1) is 0 Å². The Balaban J connectivity index is 2.10. The van der Waals surface area contributed by atoms with E-state index in [1.54, 1.807) is 14.2 Å². The van der Waals surface area contributed by atoms with Crippen molar-refractivity contribution in [2.75, 3.05) is 14.2 Å². The van der Waals surface area contributed by atoms with E-state index >= 15 is 0 Å². The molecule has 0 spiro atoms. The fourth-order valence-electron chi connectivity index (χ4n) is 2.73. The molecule has 0 bridgehead atoms. The van der Waals surface area contributed by atoms with Crippen LogP contribution in [0.1, 0.15) is 24.8 Å². The second kappa shape index (κ2) is 4.67. The molecule has 1 aliphatic heterocycles. The van der Waals surface area contributed by atoms with Crippen LogP contribution in [0.3, 0.4) is 0 Å². The van der Waals surface area contributed by atoms with E-state index < -0.39 is 0 Å². The van der Waals surface area contributed by atoms with Crippen molar-refractivity contribution < 1.29 is 9.53 Å².